The molecule has 2 aromatic heterocycles. The molecule has 6 nitrogen and oxygen atoms in total. The maximum absolute atomic E-state index is 12.0. The molecule has 0 aliphatic rings. The van der Waals surface area contributed by atoms with Crippen molar-refractivity contribution in [3.8, 4) is 0 Å². The number of carbonyl (C=O) groups excluding carboxylic acids is 1. The van der Waals surface area contributed by atoms with Gasteiger partial charge in [0.2, 0.25) is 0 Å². The molecule has 0 aromatic carbocycles. The molecule has 2 rings (SSSR count). The minimum absolute atomic E-state index is 0.160. The maximum atomic E-state index is 12.0. The van der Waals surface area contributed by atoms with E-state index in [4.69, 9.17) is 0 Å². The lowest BCUT2D eigenvalue weighted by Crippen LogP contribution is -2.27. The smallest absolute Gasteiger partial charge is 0.269 e. The lowest BCUT2D eigenvalue weighted by atomic mass is 10.3. The summed E-state index contributed by atoms with van der Waals surface area (Å²) in [5, 5.41) is 10.0. The summed E-state index contributed by atoms with van der Waals surface area (Å²) in [6.07, 6.45) is 2.49. The van der Waals surface area contributed by atoms with E-state index in [2.05, 4.69) is 20.7 Å². The predicted octanol–water partition coefficient (Wildman–Crippen LogP) is 1.22. The Morgan fingerprint density at radius 1 is 1.35 bits per heavy atom. The molecule has 0 spiro atoms. The Morgan fingerprint density at radius 3 is 2.90 bits per heavy atom. The minimum Gasteiger partial charge on any atom is -0.370 e. The van der Waals surface area contributed by atoms with E-state index in [9.17, 15) is 4.79 Å². The van der Waals surface area contributed by atoms with Gasteiger partial charge in [-0.3, -0.25) is 9.48 Å². The van der Waals surface area contributed by atoms with Crippen molar-refractivity contribution < 1.29 is 4.79 Å². The highest BCUT2D eigenvalue weighted by Gasteiger charge is 2.07. The molecule has 0 bridgehead atoms. The van der Waals surface area contributed by atoms with Crippen molar-refractivity contribution in [1.29, 1.82) is 0 Å². The summed E-state index contributed by atoms with van der Waals surface area (Å²) >= 11 is 0. The van der Waals surface area contributed by atoms with Gasteiger partial charge in [0.1, 0.15) is 11.5 Å². The van der Waals surface area contributed by atoms with Gasteiger partial charge in [-0.2, -0.15) is 5.10 Å². The number of nitrogens with one attached hydrogen (secondary N) is 2. The van der Waals surface area contributed by atoms with Crippen LogP contribution >= 0.6 is 0 Å². The molecular weight excluding hydrogens is 254 g/mol. The van der Waals surface area contributed by atoms with Crippen LogP contribution < -0.4 is 10.6 Å². The van der Waals surface area contributed by atoms with Crippen LogP contribution in [-0.4, -0.2) is 33.8 Å². The second-order valence-corrected chi connectivity index (χ2v) is 4.39. The highest BCUT2D eigenvalue weighted by Crippen LogP contribution is 2.04. The van der Waals surface area contributed by atoms with Gasteiger partial charge in [0.05, 0.1) is 0 Å². The van der Waals surface area contributed by atoms with Crippen molar-refractivity contribution in [2.75, 3.05) is 18.4 Å². The van der Waals surface area contributed by atoms with E-state index in [1.165, 1.54) is 0 Å². The highest BCUT2D eigenvalue weighted by molar-refractivity contribution is 5.92. The maximum Gasteiger partial charge on any atom is 0.269 e. The lowest BCUT2D eigenvalue weighted by Gasteiger charge is -2.07. The molecule has 0 atom stereocenters. The number of rotatable bonds is 6. The van der Waals surface area contributed by atoms with Gasteiger partial charge in [-0.15, -0.1) is 0 Å². The number of pyridine rings is 1. The number of anilines is 1. The van der Waals surface area contributed by atoms with Crippen LogP contribution in [-0.2, 0) is 13.5 Å². The van der Waals surface area contributed by atoms with Gasteiger partial charge in [-0.05, 0) is 25.1 Å². The Hall–Kier alpha value is -2.37. The molecule has 0 aliphatic carbocycles. The monoisotopic (exact) mass is 273 g/mol. The number of hydrogen-bond acceptors (Lipinski definition) is 4. The van der Waals surface area contributed by atoms with Gasteiger partial charge in [-0.1, -0.05) is 6.07 Å². The molecule has 6 heteroatoms. The Labute approximate surface area is 118 Å². The van der Waals surface area contributed by atoms with Crippen molar-refractivity contribution in [2.45, 2.75) is 13.3 Å². The van der Waals surface area contributed by atoms with Gasteiger partial charge >= 0.3 is 0 Å². The van der Waals surface area contributed by atoms with Gasteiger partial charge in [0.25, 0.3) is 5.91 Å². The van der Waals surface area contributed by atoms with Gasteiger partial charge in [0, 0.05) is 38.4 Å². The van der Waals surface area contributed by atoms with Gasteiger partial charge < -0.3 is 10.6 Å². The molecule has 0 unspecified atom stereocenters. The highest BCUT2D eigenvalue weighted by atomic mass is 16.1. The van der Waals surface area contributed by atoms with Crippen LogP contribution in [0.15, 0.2) is 30.5 Å². The number of amides is 1. The molecule has 0 fully saturated rings. The van der Waals surface area contributed by atoms with E-state index in [1.807, 2.05) is 32.2 Å². The number of nitrogens with zero attached hydrogens (tertiary/aromatic N) is 3. The molecule has 2 heterocycles. The fraction of sp³-hybridized carbons (Fsp3) is 0.357. The summed E-state index contributed by atoms with van der Waals surface area (Å²) in [5.74, 6) is 0.554. The average molecular weight is 273 g/mol. The van der Waals surface area contributed by atoms with Crippen LogP contribution in [0.5, 0.6) is 0 Å². The summed E-state index contributed by atoms with van der Waals surface area (Å²) in [7, 11) is 1.89. The van der Waals surface area contributed by atoms with Crippen molar-refractivity contribution in [3.63, 3.8) is 0 Å². The van der Waals surface area contributed by atoms with Crippen LogP contribution in [0, 0.1) is 0 Å². The van der Waals surface area contributed by atoms with E-state index in [0.717, 1.165) is 18.7 Å². The Balaban J connectivity index is 1.88. The van der Waals surface area contributed by atoms with E-state index in [-0.39, 0.29) is 5.91 Å². The summed E-state index contributed by atoms with van der Waals surface area (Å²) in [6.45, 7) is 3.33. The third-order valence-corrected chi connectivity index (χ3v) is 2.93. The van der Waals surface area contributed by atoms with E-state index < -0.39 is 0 Å². The first-order valence-corrected chi connectivity index (χ1v) is 6.66. The van der Waals surface area contributed by atoms with Crippen LogP contribution in [0.3, 0.4) is 0 Å². The minimum atomic E-state index is -0.160. The first kappa shape index (κ1) is 14.0. The summed E-state index contributed by atoms with van der Waals surface area (Å²) in [4.78, 5) is 16.2. The van der Waals surface area contributed by atoms with E-state index >= 15 is 0 Å². The second-order valence-electron chi connectivity index (χ2n) is 4.39. The molecule has 0 saturated carbocycles. The zero-order valence-electron chi connectivity index (χ0n) is 11.8. The Bertz CT molecular complexity index is 578. The largest absolute Gasteiger partial charge is 0.370 e. The van der Waals surface area contributed by atoms with Crippen LogP contribution in [0.2, 0.25) is 0 Å². The molecule has 2 N–H and O–H groups in total. The molecule has 0 aliphatic heterocycles. The zero-order chi connectivity index (χ0) is 14.4. The lowest BCUT2D eigenvalue weighted by molar-refractivity contribution is 0.0949. The third kappa shape index (κ3) is 3.57. The fourth-order valence-corrected chi connectivity index (χ4v) is 1.88. The molecule has 106 valence electrons. The van der Waals surface area contributed by atoms with E-state index in [1.54, 1.807) is 16.9 Å². The Morgan fingerprint density at radius 2 is 2.20 bits per heavy atom. The number of hydrogen-bond donors (Lipinski definition) is 2. The van der Waals surface area contributed by atoms with E-state index in [0.29, 0.717) is 18.1 Å². The molecular formula is C14H19N5O. The number of aromatic nitrogens is 3. The molecule has 0 radical (unpaired) electrons. The van der Waals surface area contributed by atoms with Crippen LogP contribution in [0.4, 0.5) is 5.82 Å². The summed E-state index contributed by atoms with van der Waals surface area (Å²) in [5.41, 5.74) is 1.51. The summed E-state index contributed by atoms with van der Waals surface area (Å²) in [6, 6.07) is 7.31. The molecule has 0 saturated heterocycles. The molecule has 2 aromatic rings. The van der Waals surface area contributed by atoms with Gasteiger partial charge in [-0.25, -0.2) is 4.98 Å². The normalized spacial score (nSPS) is 10.3. The number of aryl methyl sites for hydroxylation is 1. The first-order chi connectivity index (χ1) is 9.70. The summed E-state index contributed by atoms with van der Waals surface area (Å²) < 4.78 is 1.80. The van der Waals surface area contributed by atoms with Crippen LogP contribution in [0.1, 0.15) is 23.1 Å². The van der Waals surface area contributed by atoms with Crippen LogP contribution in [0.25, 0.3) is 0 Å². The zero-order valence-corrected chi connectivity index (χ0v) is 11.8. The predicted molar refractivity (Wildman–Crippen MR) is 77.6 cm³/mol. The van der Waals surface area contributed by atoms with Gasteiger partial charge in [0.15, 0.2) is 0 Å². The Kier molecular flexibility index (Phi) is 4.70. The topological polar surface area (TPSA) is 71.8 Å². The third-order valence-electron chi connectivity index (χ3n) is 2.93. The number of carbonyl (C=O) groups is 1. The van der Waals surface area contributed by atoms with Crippen molar-refractivity contribution in [1.82, 2.24) is 20.1 Å². The fourth-order valence-electron chi connectivity index (χ4n) is 1.88. The van der Waals surface area contributed by atoms with Crippen molar-refractivity contribution >= 4 is 11.7 Å². The second kappa shape index (κ2) is 6.70. The quantitative estimate of drug-likeness (QED) is 0.830. The SMILES string of the molecule is CCNc1cccc(C(=O)NCCc2ccnn2C)n1. The average Bonchev–Trinajstić information content (AvgIpc) is 2.85. The standard InChI is InChI=1S/C14H19N5O/c1-3-15-13-6-4-5-12(18-13)14(20)16-9-7-11-8-10-17-19(11)2/h4-6,8,10H,3,7,9H2,1-2H3,(H,15,18)(H,16,20). The van der Waals surface area contributed by atoms with Crippen molar-refractivity contribution in [2.24, 2.45) is 7.05 Å². The molecule has 1 amide bonds. The molecule has 20 heavy (non-hydrogen) atoms. The van der Waals surface area contributed by atoms with Crippen molar-refractivity contribution in [3.05, 3.63) is 41.9 Å². The first-order valence-electron chi connectivity index (χ1n) is 6.66.